The second-order valence-electron chi connectivity index (χ2n) is 4.44. The maximum atomic E-state index is 4.71. The number of aryl methyl sites for hydroxylation is 2. The van der Waals surface area contributed by atoms with Crippen LogP contribution < -0.4 is 5.32 Å². The van der Waals surface area contributed by atoms with Crippen molar-refractivity contribution < 1.29 is 0 Å². The minimum Gasteiger partial charge on any atom is -0.312 e. The van der Waals surface area contributed by atoms with Crippen molar-refractivity contribution in [1.82, 2.24) is 15.3 Å². The van der Waals surface area contributed by atoms with Gasteiger partial charge in [0.15, 0.2) is 0 Å². The fourth-order valence-corrected chi connectivity index (χ4v) is 2.25. The first kappa shape index (κ1) is 11.5. The van der Waals surface area contributed by atoms with Gasteiger partial charge in [-0.1, -0.05) is 20.3 Å². The van der Waals surface area contributed by atoms with E-state index in [-0.39, 0.29) is 0 Å². The van der Waals surface area contributed by atoms with Crippen LogP contribution in [0.2, 0.25) is 0 Å². The molecule has 2 rings (SSSR count). The first-order chi connectivity index (χ1) is 7.85. The van der Waals surface area contributed by atoms with Gasteiger partial charge in [-0.2, -0.15) is 0 Å². The van der Waals surface area contributed by atoms with Crippen molar-refractivity contribution in [2.24, 2.45) is 0 Å². The van der Waals surface area contributed by atoms with E-state index >= 15 is 0 Å². The molecule has 0 fully saturated rings. The molecular formula is C13H21N3. The zero-order valence-corrected chi connectivity index (χ0v) is 10.3. The molecule has 0 aromatic carbocycles. The Bertz CT molecular complexity index is 360. The van der Waals surface area contributed by atoms with E-state index in [9.17, 15) is 0 Å². The topological polar surface area (TPSA) is 37.8 Å². The molecule has 1 aromatic heterocycles. The molecule has 0 unspecified atom stereocenters. The summed E-state index contributed by atoms with van der Waals surface area (Å²) in [6, 6.07) is 0. The predicted octanol–water partition coefficient (Wildman–Crippen LogP) is 2.03. The van der Waals surface area contributed by atoms with Crippen molar-refractivity contribution in [3.63, 3.8) is 0 Å². The quantitative estimate of drug-likeness (QED) is 0.842. The Kier molecular flexibility index (Phi) is 3.88. The molecular weight excluding hydrogens is 198 g/mol. The van der Waals surface area contributed by atoms with Crippen LogP contribution in [0.4, 0.5) is 0 Å². The summed E-state index contributed by atoms with van der Waals surface area (Å²) in [5.74, 6) is 1.05. The van der Waals surface area contributed by atoms with E-state index < -0.39 is 0 Å². The predicted molar refractivity (Wildman–Crippen MR) is 65.4 cm³/mol. The van der Waals surface area contributed by atoms with E-state index in [1.807, 2.05) is 0 Å². The van der Waals surface area contributed by atoms with E-state index in [2.05, 4.69) is 19.2 Å². The molecule has 0 saturated carbocycles. The molecule has 0 spiro atoms. The highest BCUT2D eigenvalue weighted by Gasteiger charge is 2.16. The highest BCUT2D eigenvalue weighted by Crippen LogP contribution is 2.17. The maximum Gasteiger partial charge on any atom is 0.128 e. The number of aromatic nitrogens is 2. The molecule has 2 heterocycles. The number of hydrogen-bond acceptors (Lipinski definition) is 3. The van der Waals surface area contributed by atoms with Crippen molar-refractivity contribution in [3.05, 3.63) is 22.8 Å². The minimum absolute atomic E-state index is 0.955. The average Bonchev–Trinajstić information content (AvgIpc) is 2.30. The van der Waals surface area contributed by atoms with E-state index in [0.717, 1.165) is 51.0 Å². The summed E-state index contributed by atoms with van der Waals surface area (Å²) < 4.78 is 0. The molecule has 0 amide bonds. The second kappa shape index (κ2) is 5.39. The minimum atomic E-state index is 0.955. The Hall–Kier alpha value is -0.960. The highest BCUT2D eigenvalue weighted by atomic mass is 14.9. The first-order valence-corrected chi connectivity index (χ1v) is 6.43. The molecule has 88 valence electrons. The second-order valence-corrected chi connectivity index (χ2v) is 4.44. The molecule has 0 saturated heterocycles. The van der Waals surface area contributed by atoms with Crippen LogP contribution in [0.3, 0.4) is 0 Å². The lowest BCUT2D eigenvalue weighted by molar-refractivity contribution is 0.605. The molecule has 16 heavy (non-hydrogen) atoms. The third kappa shape index (κ3) is 2.40. The molecule has 1 aromatic rings. The van der Waals surface area contributed by atoms with Crippen LogP contribution in [0.5, 0.6) is 0 Å². The van der Waals surface area contributed by atoms with Gasteiger partial charge in [-0.15, -0.1) is 0 Å². The number of nitrogens with zero attached hydrogens (tertiary/aromatic N) is 2. The number of nitrogens with one attached hydrogen (secondary N) is 1. The lowest BCUT2D eigenvalue weighted by atomic mass is 10.0. The molecule has 1 aliphatic heterocycles. The normalized spacial score (nSPS) is 14.9. The Labute approximate surface area is 97.7 Å². The van der Waals surface area contributed by atoms with E-state index in [1.165, 1.54) is 17.0 Å². The van der Waals surface area contributed by atoms with Gasteiger partial charge in [0.1, 0.15) is 5.82 Å². The van der Waals surface area contributed by atoms with Gasteiger partial charge in [-0.3, -0.25) is 0 Å². The number of hydrogen-bond donors (Lipinski definition) is 1. The van der Waals surface area contributed by atoms with Gasteiger partial charge < -0.3 is 5.32 Å². The zero-order valence-electron chi connectivity index (χ0n) is 10.3. The Morgan fingerprint density at radius 3 is 2.69 bits per heavy atom. The van der Waals surface area contributed by atoms with Crippen LogP contribution in [-0.4, -0.2) is 16.5 Å². The standard InChI is InChI=1S/C13H21N3/c1-3-5-11-10-9-14-8-7-12(10)16-13(15-11)6-4-2/h14H,3-9H2,1-2H3. The molecule has 3 nitrogen and oxygen atoms in total. The van der Waals surface area contributed by atoms with Gasteiger partial charge in [0.05, 0.1) is 5.69 Å². The van der Waals surface area contributed by atoms with Gasteiger partial charge in [-0.25, -0.2) is 9.97 Å². The number of rotatable bonds is 4. The monoisotopic (exact) mass is 219 g/mol. The van der Waals surface area contributed by atoms with Crippen molar-refractivity contribution in [2.75, 3.05) is 6.54 Å². The summed E-state index contributed by atoms with van der Waals surface area (Å²) in [4.78, 5) is 9.41. The van der Waals surface area contributed by atoms with Crippen LogP contribution in [0, 0.1) is 0 Å². The smallest absolute Gasteiger partial charge is 0.128 e. The van der Waals surface area contributed by atoms with E-state index in [0.29, 0.717) is 0 Å². The Balaban J connectivity index is 2.35. The fourth-order valence-electron chi connectivity index (χ4n) is 2.25. The van der Waals surface area contributed by atoms with Crippen LogP contribution in [0.15, 0.2) is 0 Å². The summed E-state index contributed by atoms with van der Waals surface area (Å²) in [6.45, 7) is 6.41. The average molecular weight is 219 g/mol. The van der Waals surface area contributed by atoms with Gasteiger partial charge in [-0.05, 0) is 12.8 Å². The van der Waals surface area contributed by atoms with E-state index in [4.69, 9.17) is 9.97 Å². The molecule has 1 N–H and O–H groups in total. The summed E-state index contributed by atoms with van der Waals surface area (Å²) in [7, 11) is 0. The largest absolute Gasteiger partial charge is 0.312 e. The van der Waals surface area contributed by atoms with Crippen molar-refractivity contribution in [2.45, 2.75) is 52.5 Å². The zero-order chi connectivity index (χ0) is 11.4. The Morgan fingerprint density at radius 1 is 1.12 bits per heavy atom. The molecule has 0 radical (unpaired) electrons. The molecule has 1 aliphatic rings. The third-order valence-electron chi connectivity index (χ3n) is 3.03. The number of fused-ring (bicyclic) bond motifs is 1. The van der Waals surface area contributed by atoms with Crippen LogP contribution in [-0.2, 0) is 25.8 Å². The van der Waals surface area contributed by atoms with E-state index in [1.54, 1.807) is 0 Å². The lowest BCUT2D eigenvalue weighted by Gasteiger charge is -2.19. The van der Waals surface area contributed by atoms with Gasteiger partial charge in [0.25, 0.3) is 0 Å². The molecule has 3 heteroatoms. The molecule has 0 bridgehead atoms. The fraction of sp³-hybridized carbons (Fsp3) is 0.692. The van der Waals surface area contributed by atoms with Crippen LogP contribution in [0.25, 0.3) is 0 Å². The summed E-state index contributed by atoms with van der Waals surface area (Å²) in [5.41, 5.74) is 3.94. The first-order valence-electron chi connectivity index (χ1n) is 6.43. The summed E-state index contributed by atoms with van der Waals surface area (Å²) >= 11 is 0. The maximum absolute atomic E-state index is 4.71. The van der Waals surface area contributed by atoms with Gasteiger partial charge in [0, 0.05) is 37.2 Å². The molecule has 0 atom stereocenters. The SMILES string of the molecule is CCCc1nc(CCC)c2c(n1)CCNC2. The van der Waals surface area contributed by atoms with Crippen molar-refractivity contribution in [1.29, 1.82) is 0 Å². The summed E-state index contributed by atoms with van der Waals surface area (Å²) in [5, 5.41) is 3.41. The lowest BCUT2D eigenvalue weighted by Crippen LogP contribution is -2.27. The highest BCUT2D eigenvalue weighted by molar-refractivity contribution is 5.28. The summed E-state index contributed by atoms with van der Waals surface area (Å²) in [6.07, 6.45) is 5.45. The van der Waals surface area contributed by atoms with Gasteiger partial charge in [0.2, 0.25) is 0 Å². The van der Waals surface area contributed by atoms with Crippen molar-refractivity contribution in [3.8, 4) is 0 Å². The van der Waals surface area contributed by atoms with Gasteiger partial charge >= 0.3 is 0 Å². The third-order valence-corrected chi connectivity index (χ3v) is 3.03. The Morgan fingerprint density at radius 2 is 1.94 bits per heavy atom. The van der Waals surface area contributed by atoms with Crippen LogP contribution >= 0.6 is 0 Å². The molecule has 0 aliphatic carbocycles. The van der Waals surface area contributed by atoms with Crippen molar-refractivity contribution >= 4 is 0 Å². The van der Waals surface area contributed by atoms with Crippen LogP contribution in [0.1, 0.15) is 49.5 Å².